The number of nitrogens with one attached hydrogen (secondary N) is 1. The summed E-state index contributed by atoms with van der Waals surface area (Å²) < 4.78 is 6.33. The average Bonchev–Trinajstić information content (AvgIpc) is 2.30. The molecule has 7 nitrogen and oxygen atoms in total. The third kappa shape index (κ3) is 2.22. The van der Waals surface area contributed by atoms with Gasteiger partial charge in [-0.05, 0) is 19.1 Å². The highest BCUT2D eigenvalue weighted by Gasteiger charge is 2.34. The van der Waals surface area contributed by atoms with Crippen molar-refractivity contribution in [2.75, 3.05) is 0 Å². The third-order valence-electron chi connectivity index (χ3n) is 2.76. The van der Waals surface area contributed by atoms with Crippen molar-refractivity contribution >= 4 is 17.3 Å². The van der Waals surface area contributed by atoms with Gasteiger partial charge in [-0.1, -0.05) is 0 Å². The number of aromatic amines is 1. The van der Waals surface area contributed by atoms with E-state index in [2.05, 4.69) is 4.98 Å². The quantitative estimate of drug-likeness (QED) is 0.555. The molecular formula is C10H12N2O5S. The van der Waals surface area contributed by atoms with E-state index >= 15 is 0 Å². The summed E-state index contributed by atoms with van der Waals surface area (Å²) in [6.07, 6.45) is -1.84. The highest BCUT2D eigenvalue weighted by molar-refractivity contribution is 7.80. The summed E-state index contributed by atoms with van der Waals surface area (Å²) in [5, 5.41) is 18.8. The molecule has 0 aliphatic carbocycles. The molecule has 1 saturated heterocycles. The SMILES string of the molecule is Cc1cn([C@H]2C[C@H](O)[C@@H](O)C(=S)O2)c(=O)[nH]c1=O. The Bertz CT molecular complexity index is 593. The number of aliphatic hydroxyl groups excluding tert-OH is 2. The largest absolute Gasteiger partial charge is 0.460 e. The number of ether oxygens (including phenoxy) is 1. The molecule has 0 amide bonds. The molecule has 1 fully saturated rings. The van der Waals surface area contributed by atoms with Crippen LogP contribution in [0.3, 0.4) is 0 Å². The molecule has 98 valence electrons. The summed E-state index contributed by atoms with van der Waals surface area (Å²) in [6, 6.07) is 0. The molecule has 0 unspecified atom stereocenters. The van der Waals surface area contributed by atoms with Gasteiger partial charge in [-0.25, -0.2) is 4.79 Å². The molecule has 3 atom stereocenters. The van der Waals surface area contributed by atoms with E-state index in [4.69, 9.17) is 17.0 Å². The number of thiocarbonyl (C=S) groups is 1. The number of hydrogen-bond acceptors (Lipinski definition) is 6. The Hall–Kier alpha value is -1.51. The Morgan fingerprint density at radius 1 is 1.50 bits per heavy atom. The van der Waals surface area contributed by atoms with E-state index in [1.54, 1.807) is 6.92 Å². The summed E-state index contributed by atoms with van der Waals surface area (Å²) in [6.45, 7) is 1.54. The van der Waals surface area contributed by atoms with Crippen molar-refractivity contribution in [2.45, 2.75) is 31.8 Å². The molecule has 1 aliphatic heterocycles. The Kier molecular flexibility index (Phi) is 3.33. The number of aryl methyl sites for hydroxylation is 1. The smallest absolute Gasteiger partial charge is 0.331 e. The van der Waals surface area contributed by atoms with E-state index in [0.717, 1.165) is 4.57 Å². The lowest BCUT2D eigenvalue weighted by Crippen LogP contribution is -2.45. The normalized spacial score (nSPS) is 27.9. The summed E-state index contributed by atoms with van der Waals surface area (Å²) in [5.41, 5.74) is -0.790. The van der Waals surface area contributed by atoms with Gasteiger partial charge < -0.3 is 14.9 Å². The fraction of sp³-hybridized carbons (Fsp3) is 0.500. The van der Waals surface area contributed by atoms with Crippen LogP contribution in [0, 0.1) is 6.92 Å². The molecule has 3 N–H and O–H groups in total. The minimum absolute atomic E-state index is 0.00664. The molecule has 0 radical (unpaired) electrons. The van der Waals surface area contributed by atoms with Crippen LogP contribution in [0.5, 0.6) is 0 Å². The van der Waals surface area contributed by atoms with Crippen molar-refractivity contribution in [2.24, 2.45) is 0 Å². The first-order chi connectivity index (χ1) is 8.40. The van der Waals surface area contributed by atoms with Crippen LogP contribution in [0.2, 0.25) is 0 Å². The molecule has 0 saturated carbocycles. The number of nitrogens with zero attached hydrogens (tertiary/aromatic N) is 1. The zero-order chi connectivity index (χ0) is 13.4. The number of hydrogen-bond donors (Lipinski definition) is 3. The first-order valence-corrected chi connectivity index (χ1v) is 5.69. The van der Waals surface area contributed by atoms with Crippen LogP contribution >= 0.6 is 12.2 Å². The lowest BCUT2D eigenvalue weighted by molar-refractivity contribution is -0.0472. The molecule has 0 bridgehead atoms. The monoisotopic (exact) mass is 272 g/mol. The number of aromatic nitrogens is 2. The zero-order valence-electron chi connectivity index (χ0n) is 9.49. The van der Waals surface area contributed by atoms with Gasteiger partial charge in [0, 0.05) is 18.2 Å². The lowest BCUT2D eigenvalue weighted by atomic mass is 10.1. The predicted octanol–water partition coefficient (Wildman–Crippen LogP) is -1.19. The number of aliphatic hydroxyl groups is 2. The maximum Gasteiger partial charge on any atom is 0.331 e. The predicted molar refractivity (Wildman–Crippen MR) is 65.4 cm³/mol. The minimum Gasteiger partial charge on any atom is -0.460 e. The minimum atomic E-state index is -1.24. The van der Waals surface area contributed by atoms with Crippen molar-refractivity contribution in [1.29, 1.82) is 0 Å². The standard InChI is InChI=1S/C10H12N2O5S/c1-4-3-12(10(16)11-8(4)15)6-2-5(13)7(14)9(18)17-6/h3,5-7,13-14H,2H2,1H3,(H,11,15,16)/t5-,6+,7+/m0/s1. The fourth-order valence-electron chi connectivity index (χ4n) is 1.71. The molecule has 0 aromatic carbocycles. The first kappa shape index (κ1) is 12.9. The van der Waals surface area contributed by atoms with E-state index < -0.39 is 29.7 Å². The molecule has 2 heterocycles. The fourth-order valence-corrected chi connectivity index (χ4v) is 1.98. The van der Waals surface area contributed by atoms with Crippen LogP contribution in [0.15, 0.2) is 15.8 Å². The second kappa shape index (κ2) is 4.63. The second-order valence-corrected chi connectivity index (χ2v) is 4.52. The van der Waals surface area contributed by atoms with Crippen molar-refractivity contribution < 1.29 is 14.9 Å². The van der Waals surface area contributed by atoms with Crippen LogP contribution in [-0.4, -0.2) is 37.0 Å². The number of H-pyrrole nitrogens is 1. The summed E-state index contributed by atoms with van der Waals surface area (Å²) in [4.78, 5) is 25.0. The van der Waals surface area contributed by atoms with E-state index in [0.29, 0.717) is 5.56 Å². The molecule has 1 aromatic rings. The molecule has 8 heteroatoms. The first-order valence-electron chi connectivity index (χ1n) is 5.29. The highest BCUT2D eigenvalue weighted by Crippen LogP contribution is 2.23. The Morgan fingerprint density at radius 2 is 2.17 bits per heavy atom. The van der Waals surface area contributed by atoms with Crippen LogP contribution < -0.4 is 11.2 Å². The van der Waals surface area contributed by atoms with Gasteiger partial charge in [-0.2, -0.15) is 0 Å². The summed E-state index contributed by atoms with van der Waals surface area (Å²) in [5.74, 6) is 0. The Balaban J connectivity index is 2.39. The Morgan fingerprint density at radius 3 is 2.78 bits per heavy atom. The van der Waals surface area contributed by atoms with Gasteiger partial charge >= 0.3 is 5.69 Å². The van der Waals surface area contributed by atoms with Crippen molar-refractivity contribution in [1.82, 2.24) is 9.55 Å². The molecular weight excluding hydrogens is 260 g/mol. The average molecular weight is 272 g/mol. The van der Waals surface area contributed by atoms with Crippen molar-refractivity contribution in [3.63, 3.8) is 0 Å². The van der Waals surface area contributed by atoms with Crippen LogP contribution in [0.25, 0.3) is 0 Å². The maximum absolute atomic E-state index is 11.6. The lowest BCUT2D eigenvalue weighted by Gasteiger charge is -2.32. The number of rotatable bonds is 1. The molecule has 1 aliphatic rings. The maximum atomic E-state index is 11.6. The molecule has 18 heavy (non-hydrogen) atoms. The second-order valence-electron chi connectivity index (χ2n) is 4.12. The van der Waals surface area contributed by atoms with Crippen molar-refractivity contribution in [3.05, 3.63) is 32.6 Å². The molecule has 1 aromatic heterocycles. The van der Waals surface area contributed by atoms with Gasteiger partial charge in [0.25, 0.3) is 5.56 Å². The zero-order valence-corrected chi connectivity index (χ0v) is 10.3. The summed E-state index contributed by atoms with van der Waals surface area (Å²) >= 11 is 4.76. The van der Waals surface area contributed by atoms with E-state index in [1.165, 1.54) is 6.20 Å². The van der Waals surface area contributed by atoms with Crippen LogP contribution in [-0.2, 0) is 4.74 Å². The Labute approximate surface area is 107 Å². The van der Waals surface area contributed by atoms with E-state index in [1.807, 2.05) is 0 Å². The topological polar surface area (TPSA) is 105 Å². The van der Waals surface area contributed by atoms with Crippen LogP contribution in [0.1, 0.15) is 18.2 Å². The van der Waals surface area contributed by atoms with Gasteiger partial charge in [-0.15, -0.1) is 0 Å². The van der Waals surface area contributed by atoms with Gasteiger partial charge in [0.1, 0.15) is 6.10 Å². The highest BCUT2D eigenvalue weighted by atomic mass is 32.1. The van der Waals surface area contributed by atoms with E-state index in [-0.39, 0.29) is 11.5 Å². The van der Waals surface area contributed by atoms with Crippen molar-refractivity contribution in [3.8, 4) is 0 Å². The van der Waals surface area contributed by atoms with Crippen LogP contribution in [0.4, 0.5) is 0 Å². The third-order valence-corrected chi connectivity index (χ3v) is 3.10. The van der Waals surface area contributed by atoms with Gasteiger partial charge in [0.2, 0.25) is 0 Å². The summed E-state index contributed by atoms with van der Waals surface area (Å²) in [7, 11) is 0. The molecule has 2 rings (SSSR count). The molecule has 0 spiro atoms. The van der Waals surface area contributed by atoms with Gasteiger partial charge in [0.05, 0.1) is 6.10 Å². The van der Waals surface area contributed by atoms with Gasteiger partial charge in [-0.3, -0.25) is 14.3 Å². The van der Waals surface area contributed by atoms with Gasteiger partial charge in [0.15, 0.2) is 11.3 Å². The van der Waals surface area contributed by atoms with E-state index in [9.17, 15) is 19.8 Å².